The van der Waals surface area contributed by atoms with Crippen LogP contribution in [0.5, 0.6) is 5.75 Å². The largest absolute Gasteiger partial charge is 0.496 e. The van der Waals surface area contributed by atoms with E-state index in [9.17, 15) is 9.59 Å². The summed E-state index contributed by atoms with van der Waals surface area (Å²) < 4.78 is 5.41. The number of nitrogens with one attached hydrogen (secondary N) is 1. The van der Waals surface area contributed by atoms with Crippen LogP contribution < -0.4 is 15.0 Å². The predicted molar refractivity (Wildman–Crippen MR) is 126 cm³/mol. The van der Waals surface area contributed by atoms with E-state index in [4.69, 9.17) is 4.74 Å². The number of nitrogens with zero attached hydrogens (tertiary/aromatic N) is 1. The average molecular weight is 429 g/mol. The Morgan fingerprint density at radius 3 is 2.44 bits per heavy atom. The molecule has 0 saturated carbocycles. The lowest BCUT2D eigenvalue weighted by atomic mass is 9.82. The Morgan fingerprint density at radius 1 is 1.03 bits per heavy atom. The summed E-state index contributed by atoms with van der Waals surface area (Å²) in [5.41, 5.74) is 3.24. The zero-order chi connectivity index (χ0) is 22.7. The van der Waals surface area contributed by atoms with Crippen LogP contribution in [0, 0.1) is 0 Å². The second-order valence-electron chi connectivity index (χ2n) is 8.26. The van der Waals surface area contributed by atoms with E-state index in [1.165, 1.54) is 5.56 Å². The van der Waals surface area contributed by atoms with Crippen molar-refractivity contribution in [3.8, 4) is 5.75 Å². The zero-order valence-corrected chi connectivity index (χ0v) is 18.7. The Balaban J connectivity index is 1.70. The van der Waals surface area contributed by atoms with E-state index in [0.29, 0.717) is 18.5 Å². The van der Waals surface area contributed by atoms with E-state index < -0.39 is 5.54 Å². The lowest BCUT2D eigenvalue weighted by molar-refractivity contribution is -0.126. The van der Waals surface area contributed by atoms with Gasteiger partial charge >= 0.3 is 0 Å². The predicted octanol–water partition coefficient (Wildman–Crippen LogP) is 4.54. The van der Waals surface area contributed by atoms with Crippen molar-refractivity contribution in [2.45, 2.75) is 38.8 Å². The molecule has 0 radical (unpaired) electrons. The van der Waals surface area contributed by atoms with Gasteiger partial charge < -0.3 is 10.1 Å². The quantitative estimate of drug-likeness (QED) is 0.627. The summed E-state index contributed by atoms with van der Waals surface area (Å²) in [6.45, 7) is 4.25. The fourth-order valence-electron chi connectivity index (χ4n) is 4.36. The van der Waals surface area contributed by atoms with E-state index in [0.717, 1.165) is 29.0 Å². The van der Waals surface area contributed by atoms with Crippen molar-refractivity contribution in [2.24, 2.45) is 0 Å². The van der Waals surface area contributed by atoms with Crippen molar-refractivity contribution in [3.05, 3.63) is 95.1 Å². The third kappa shape index (κ3) is 3.86. The van der Waals surface area contributed by atoms with Gasteiger partial charge in [-0.3, -0.25) is 14.5 Å². The summed E-state index contributed by atoms with van der Waals surface area (Å²) in [6.07, 6.45) is 1.34. The van der Waals surface area contributed by atoms with Crippen LogP contribution in [0.4, 0.5) is 5.69 Å². The fraction of sp³-hybridized carbons (Fsp3) is 0.259. The number of rotatable bonds is 6. The number of aryl methyl sites for hydroxylation is 1. The second kappa shape index (κ2) is 8.87. The van der Waals surface area contributed by atoms with Gasteiger partial charge in [0.15, 0.2) is 0 Å². The van der Waals surface area contributed by atoms with Crippen LogP contribution in [-0.2, 0) is 24.2 Å². The summed E-state index contributed by atoms with van der Waals surface area (Å²) in [6, 6.07) is 23.0. The minimum atomic E-state index is -1.07. The van der Waals surface area contributed by atoms with Crippen molar-refractivity contribution < 1.29 is 14.3 Å². The molecular formula is C27H28N2O3. The minimum Gasteiger partial charge on any atom is -0.496 e. The maximum Gasteiger partial charge on any atom is 0.259 e. The van der Waals surface area contributed by atoms with Gasteiger partial charge in [0.1, 0.15) is 11.3 Å². The fourth-order valence-corrected chi connectivity index (χ4v) is 4.36. The number of methoxy groups -OCH3 is 1. The highest BCUT2D eigenvalue weighted by molar-refractivity contribution is 6.14. The maximum atomic E-state index is 13.6. The summed E-state index contributed by atoms with van der Waals surface area (Å²) in [5, 5.41) is 3.04. The van der Waals surface area contributed by atoms with E-state index in [2.05, 4.69) is 12.2 Å². The number of carbonyl (C=O) groups is 2. The number of para-hydroxylation sites is 1. The molecule has 0 spiro atoms. The van der Waals surface area contributed by atoms with Crippen molar-refractivity contribution >= 4 is 17.5 Å². The molecule has 3 aromatic carbocycles. The van der Waals surface area contributed by atoms with Gasteiger partial charge in [0, 0.05) is 29.8 Å². The van der Waals surface area contributed by atoms with Crippen molar-refractivity contribution in [1.29, 1.82) is 0 Å². The summed E-state index contributed by atoms with van der Waals surface area (Å²) in [4.78, 5) is 28.8. The number of carbonyl (C=O) groups excluding carboxylic acids is 2. The Labute approximate surface area is 189 Å². The third-order valence-corrected chi connectivity index (χ3v) is 6.20. The van der Waals surface area contributed by atoms with E-state index in [1.807, 2.05) is 79.7 Å². The highest BCUT2D eigenvalue weighted by Crippen LogP contribution is 2.36. The summed E-state index contributed by atoms with van der Waals surface area (Å²) in [5.74, 6) is 0.354. The highest BCUT2D eigenvalue weighted by Gasteiger charge is 2.47. The molecule has 0 unspecified atom stereocenters. The van der Waals surface area contributed by atoms with Crippen LogP contribution in [0.3, 0.4) is 0 Å². The molecule has 164 valence electrons. The number of hydrogen-bond acceptors (Lipinski definition) is 3. The Bertz CT molecular complexity index is 1140. The van der Waals surface area contributed by atoms with E-state index >= 15 is 0 Å². The van der Waals surface area contributed by atoms with E-state index in [1.54, 1.807) is 12.0 Å². The number of hydrogen-bond donors (Lipinski definition) is 1. The molecule has 32 heavy (non-hydrogen) atoms. The first-order valence-electron chi connectivity index (χ1n) is 10.9. The van der Waals surface area contributed by atoms with E-state index in [-0.39, 0.29) is 11.8 Å². The van der Waals surface area contributed by atoms with Crippen LogP contribution in [0.1, 0.15) is 40.9 Å². The summed E-state index contributed by atoms with van der Waals surface area (Å²) in [7, 11) is 1.61. The third-order valence-electron chi connectivity index (χ3n) is 6.20. The molecule has 5 heteroatoms. The number of amides is 2. The molecule has 4 rings (SSSR count). The number of ether oxygens (including phenoxy) is 1. The molecule has 5 nitrogen and oxygen atoms in total. The minimum absolute atomic E-state index is 0.161. The number of benzene rings is 3. The van der Waals surface area contributed by atoms with Gasteiger partial charge in [-0.05, 0) is 48.7 Å². The number of anilines is 1. The second-order valence-corrected chi connectivity index (χ2v) is 8.26. The Morgan fingerprint density at radius 2 is 1.72 bits per heavy atom. The Kier molecular flexibility index (Phi) is 5.99. The van der Waals surface area contributed by atoms with Gasteiger partial charge in [-0.25, -0.2) is 0 Å². The van der Waals surface area contributed by atoms with Gasteiger partial charge in [0.25, 0.3) is 5.91 Å². The molecule has 0 bridgehead atoms. The topological polar surface area (TPSA) is 58.6 Å². The first kappa shape index (κ1) is 21.6. The molecule has 2 amide bonds. The molecule has 0 aromatic heterocycles. The molecule has 1 heterocycles. The first-order chi connectivity index (χ1) is 15.5. The van der Waals surface area contributed by atoms with Gasteiger partial charge in [0.2, 0.25) is 5.91 Å². The average Bonchev–Trinajstić information content (AvgIpc) is 2.83. The molecule has 1 aliphatic rings. The van der Waals surface area contributed by atoms with Crippen LogP contribution in [-0.4, -0.2) is 24.5 Å². The standard InChI is InChI=1S/C27H28N2O3/c1-4-19-13-15-22(16-14-19)29-25(30)23-11-7-5-9-20(23)17-27(29,2)26(31)28-18-21-10-6-8-12-24(21)32-3/h5-16H,4,17-18H2,1-3H3,(H,28,31)/t27-/m1/s1. The van der Waals surface area contributed by atoms with Crippen molar-refractivity contribution in [3.63, 3.8) is 0 Å². The van der Waals surface area contributed by atoms with Gasteiger partial charge in [-0.15, -0.1) is 0 Å². The molecular weight excluding hydrogens is 400 g/mol. The lowest BCUT2D eigenvalue weighted by Crippen LogP contribution is -2.63. The monoisotopic (exact) mass is 428 g/mol. The number of fused-ring (bicyclic) bond motifs is 1. The normalized spacial score (nSPS) is 17.6. The molecule has 0 aliphatic carbocycles. The molecule has 0 saturated heterocycles. The zero-order valence-electron chi connectivity index (χ0n) is 18.7. The Hall–Kier alpha value is -3.60. The highest BCUT2D eigenvalue weighted by atomic mass is 16.5. The van der Waals surface area contributed by atoms with Crippen LogP contribution in [0.2, 0.25) is 0 Å². The molecule has 3 aromatic rings. The molecule has 1 N–H and O–H groups in total. The van der Waals surface area contributed by atoms with Crippen molar-refractivity contribution in [2.75, 3.05) is 12.0 Å². The van der Waals surface area contributed by atoms with Gasteiger partial charge in [0.05, 0.1) is 7.11 Å². The lowest BCUT2D eigenvalue weighted by Gasteiger charge is -2.44. The van der Waals surface area contributed by atoms with Crippen LogP contribution in [0.15, 0.2) is 72.8 Å². The molecule has 1 atom stereocenters. The summed E-state index contributed by atoms with van der Waals surface area (Å²) >= 11 is 0. The molecule has 1 aliphatic heterocycles. The van der Waals surface area contributed by atoms with Crippen LogP contribution >= 0.6 is 0 Å². The smallest absolute Gasteiger partial charge is 0.259 e. The maximum absolute atomic E-state index is 13.6. The van der Waals surface area contributed by atoms with Crippen LogP contribution in [0.25, 0.3) is 0 Å². The van der Waals surface area contributed by atoms with Gasteiger partial charge in [-0.1, -0.05) is 55.5 Å². The van der Waals surface area contributed by atoms with Gasteiger partial charge in [-0.2, -0.15) is 0 Å². The molecule has 0 fully saturated rings. The SMILES string of the molecule is CCc1ccc(N2C(=O)c3ccccc3C[C@]2(C)C(=O)NCc2ccccc2OC)cc1. The van der Waals surface area contributed by atoms with Crippen molar-refractivity contribution in [1.82, 2.24) is 5.32 Å². The first-order valence-corrected chi connectivity index (χ1v) is 10.9.